The van der Waals surface area contributed by atoms with Crippen molar-refractivity contribution in [3.8, 4) is 0 Å². The van der Waals surface area contributed by atoms with E-state index in [9.17, 15) is 0 Å². The molecule has 0 saturated heterocycles. The van der Waals surface area contributed by atoms with E-state index in [1.165, 1.54) is 63.6 Å². The number of nitrogens with two attached hydrogens (primary N) is 1. The van der Waals surface area contributed by atoms with E-state index in [4.69, 9.17) is 5.73 Å². The van der Waals surface area contributed by atoms with Gasteiger partial charge in [0, 0.05) is 26.1 Å². The van der Waals surface area contributed by atoms with E-state index < -0.39 is 0 Å². The van der Waals surface area contributed by atoms with Gasteiger partial charge in [-0.25, -0.2) is 0 Å². The van der Waals surface area contributed by atoms with Crippen LogP contribution in [0.3, 0.4) is 0 Å². The van der Waals surface area contributed by atoms with E-state index in [1.807, 2.05) is 0 Å². The smallest absolute Gasteiger partial charge is 0.0990 e. The quantitative estimate of drug-likeness (QED) is 0.409. The molecular formula is C18H35N3. The van der Waals surface area contributed by atoms with Crippen LogP contribution in [0, 0.1) is 0 Å². The number of hydrogen-bond acceptors (Lipinski definition) is 3. The maximum Gasteiger partial charge on any atom is 0.0990 e. The van der Waals surface area contributed by atoms with E-state index in [2.05, 4.69) is 29.0 Å². The Labute approximate surface area is 131 Å². The highest BCUT2D eigenvalue weighted by atomic mass is 15.2. The fourth-order valence-corrected chi connectivity index (χ4v) is 2.94. The van der Waals surface area contributed by atoms with Crippen molar-refractivity contribution in [1.82, 2.24) is 4.90 Å². The van der Waals surface area contributed by atoms with Gasteiger partial charge in [0.1, 0.15) is 0 Å². The first-order valence-electron chi connectivity index (χ1n) is 8.98. The number of aliphatic imine (C=N–C) groups is 1. The second kappa shape index (κ2) is 12.9. The predicted molar refractivity (Wildman–Crippen MR) is 93.9 cm³/mol. The summed E-state index contributed by atoms with van der Waals surface area (Å²) in [5.41, 5.74) is 5.63. The molecule has 2 N–H and O–H groups in total. The average Bonchev–Trinajstić information content (AvgIpc) is 2.92. The summed E-state index contributed by atoms with van der Waals surface area (Å²) in [4.78, 5) is 6.97. The molecule has 21 heavy (non-hydrogen) atoms. The topological polar surface area (TPSA) is 41.6 Å². The molecule has 0 spiro atoms. The van der Waals surface area contributed by atoms with Gasteiger partial charge < -0.3 is 10.6 Å². The van der Waals surface area contributed by atoms with Gasteiger partial charge in [0.2, 0.25) is 0 Å². The van der Waals surface area contributed by atoms with Gasteiger partial charge in [-0.2, -0.15) is 0 Å². The SMILES string of the molecule is C/C=C/CCCCCCCCCCC1=NCCN1CCN. The molecule has 0 atom stereocenters. The molecule has 0 aromatic heterocycles. The zero-order valence-corrected chi connectivity index (χ0v) is 14.0. The molecule has 0 fully saturated rings. The third-order valence-corrected chi connectivity index (χ3v) is 4.19. The van der Waals surface area contributed by atoms with Crippen molar-refractivity contribution >= 4 is 5.84 Å². The second-order valence-corrected chi connectivity index (χ2v) is 6.01. The molecule has 0 amide bonds. The molecular weight excluding hydrogens is 258 g/mol. The number of allylic oxidation sites excluding steroid dienone is 2. The maximum atomic E-state index is 5.63. The number of rotatable bonds is 13. The summed E-state index contributed by atoms with van der Waals surface area (Å²) < 4.78 is 0. The molecule has 3 nitrogen and oxygen atoms in total. The van der Waals surface area contributed by atoms with Crippen LogP contribution in [0.15, 0.2) is 17.1 Å². The first-order chi connectivity index (χ1) is 10.4. The second-order valence-electron chi connectivity index (χ2n) is 6.01. The van der Waals surface area contributed by atoms with Crippen LogP contribution in [0.25, 0.3) is 0 Å². The van der Waals surface area contributed by atoms with Gasteiger partial charge >= 0.3 is 0 Å². The van der Waals surface area contributed by atoms with Crippen LogP contribution in [0.4, 0.5) is 0 Å². The summed E-state index contributed by atoms with van der Waals surface area (Å²) in [6.45, 7) is 5.88. The first kappa shape index (κ1) is 18.2. The van der Waals surface area contributed by atoms with E-state index >= 15 is 0 Å². The molecule has 0 aliphatic carbocycles. The molecule has 1 aliphatic rings. The Morgan fingerprint density at radius 1 is 1.05 bits per heavy atom. The molecule has 0 saturated carbocycles. The number of unbranched alkanes of at least 4 members (excludes halogenated alkanes) is 8. The molecule has 0 unspecified atom stereocenters. The predicted octanol–water partition coefficient (Wildman–Crippen LogP) is 4.14. The third kappa shape index (κ3) is 8.92. The molecule has 1 aliphatic heterocycles. The van der Waals surface area contributed by atoms with Gasteiger partial charge in [0.05, 0.1) is 12.4 Å². The largest absolute Gasteiger partial charge is 0.357 e. The average molecular weight is 293 g/mol. The lowest BCUT2D eigenvalue weighted by atomic mass is 10.1. The highest BCUT2D eigenvalue weighted by Crippen LogP contribution is 2.13. The Kier molecular flexibility index (Phi) is 11.2. The van der Waals surface area contributed by atoms with Gasteiger partial charge in [0.15, 0.2) is 0 Å². The first-order valence-corrected chi connectivity index (χ1v) is 8.98. The summed E-state index contributed by atoms with van der Waals surface area (Å²) in [5, 5.41) is 0. The molecule has 0 bridgehead atoms. The Balaban J connectivity index is 1.86. The molecule has 0 aromatic carbocycles. The molecule has 1 rings (SSSR count). The van der Waals surface area contributed by atoms with Gasteiger partial charge in [-0.15, -0.1) is 0 Å². The summed E-state index contributed by atoms with van der Waals surface area (Å²) in [5.74, 6) is 1.31. The Morgan fingerprint density at radius 2 is 1.71 bits per heavy atom. The summed E-state index contributed by atoms with van der Waals surface area (Å²) in [6, 6.07) is 0. The van der Waals surface area contributed by atoms with Crippen LogP contribution in [-0.2, 0) is 0 Å². The lowest BCUT2D eigenvalue weighted by Gasteiger charge is -2.19. The van der Waals surface area contributed by atoms with Gasteiger partial charge in [0.25, 0.3) is 0 Å². The highest BCUT2D eigenvalue weighted by Gasteiger charge is 2.14. The molecule has 0 radical (unpaired) electrons. The lowest BCUT2D eigenvalue weighted by Crippen LogP contribution is -2.32. The van der Waals surface area contributed by atoms with Crippen molar-refractivity contribution in [2.75, 3.05) is 26.2 Å². The van der Waals surface area contributed by atoms with Crippen molar-refractivity contribution in [2.24, 2.45) is 10.7 Å². The highest BCUT2D eigenvalue weighted by molar-refractivity contribution is 5.83. The zero-order chi connectivity index (χ0) is 15.2. The van der Waals surface area contributed by atoms with Crippen molar-refractivity contribution < 1.29 is 0 Å². The third-order valence-electron chi connectivity index (χ3n) is 4.19. The summed E-state index contributed by atoms with van der Waals surface area (Å²) in [7, 11) is 0. The van der Waals surface area contributed by atoms with Crippen LogP contribution < -0.4 is 5.73 Å². The molecule has 3 heteroatoms. The van der Waals surface area contributed by atoms with Gasteiger partial charge in [-0.05, 0) is 26.2 Å². The fraction of sp³-hybridized carbons (Fsp3) is 0.833. The number of amidine groups is 1. The standard InChI is InChI=1S/C18H35N3/c1-2-3-4-5-6-7-8-9-10-11-12-13-18-20-15-17-21(18)16-14-19/h2-3H,4-17,19H2,1H3/b3-2+. The monoisotopic (exact) mass is 293 g/mol. The zero-order valence-electron chi connectivity index (χ0n) is 14.0. The van der Waals surface area contributed by atoms with E-state index in [0.29, 0.717) is 0 Å². The van der Waals surface area contributed by atoms with Crippen LogP contribution in [-0.4, -0.2) is 36.9 Å². The van der Waals surface area contributed by atoms with Crippen molar-refractivity contribution in [2.45, 2.75) is 71.1 Å². The Bertz CT molecular complexity index is 297. The molecule has 1 heterocycles. The van der Waals surface area contributed by atoms with E-state index in [0.717, 1.165) is 32.6 Å². The fourth-order valence-electron chi connectivity index (χ4n) is 2.94. The number of hydrogen-bond donors (Lipinski definition) is 1. The van der Waals surface area contributed by atoms with E-state index in [-0.39, 0.29) is 0 Å². The summed E-state index contributed by atoms with van der Waals surface area (Å²) >= 11 is 0. The van der Waals surface area contributed by atoms with Crippen molar-refractivity contribution in [3.63, 3.8) is 0 Å². The van der Waals surface area contributed by atoms with Crippen molar-refractivity contribution in [1.29, 1.82) is 0 Å². The van der Waals surface area contributed by atoms with E-state index in [1.54, 1.807) is 0 Å². The number of nitrogens with zero attached hydrogens (tertiary/aromatic N) is 2. The minimum atomic E-state index is 0.743. The van der Waals surface area contributed by atoms with Crippen LogP contribution in [0.2, 0.25) is 0 Å². The van der Waals surface area contributed by atoms with Gasteiger partial charge in [-0.1, -0.05) is 50.7 Å². The Morgan fingerprint density at radius 3 is 2.38 bits per heavy atom. The van der Waals surface area contributed by atoms with Crippen LogP contribution in [0.1, 0.15) is 71.1 Å². The van der Waals surface area contributed by atoms with Crippen LogP contribution in [0.5, 0.6) is 0 Å². The summed E-state index contributed by atoms with van der Waals surface area (Å²) in [6.07, 6.45) is 17.9. The minimum Gasteiger partial charge on any atom is -0.357 e. The Hall–Kier alpha value is -0.830. The van der Waals surface area contributed by atoms with Crippen LogP contribution >= 0.6 is 0 Å². The van der Waals surface area contributed by atoms with Crippen molar-refractivity contribution in [3.05, 3.63) is 12.2 Å². The minimum absolute atomic E-state index is 0.743. The molecule has 122 valence electrons. The lowest BCUT2D eigenvalue weighted by molar-refractivity contribution is 0.456. The van der Waals surface area contributed by atoms with Gasteiger partial charge in [-0.3, -0.25) is 4.99 Å². The maximum absolute atomic E-state index is 5.63. The normalized spacial score (nSPS) is 15.1. The molecule has 0 aromatic rings.